The van der Waals surface area contributed by atoms with E-state index < -0.39 is 0 Å². The van der Waals surface area contributed by atoms with Gasteiger partial charge in [0.05, 0.1) is 18.2 Å². The molecule has 2 aromatic rings. The zero-order valence-electron chi connectivity index (χ0n) is 9.65. The largest absolute Gasteiger partial charge is 0.372 e. The molecular formula is C15H11ClO2. The fourth-order valence-corrected chi connectivity index (χ4v) is 2.38. The molecule has 0 saturated carbocycles. The molecule has 0 N–H and O–H groups in total. The Kier molecular flexibility index (Phi) is 2.90. The molecule has 0 spiro atoms. The van der Waals surface area contributed by atoms with Gasteiger partial charge in [0.15, 0.2) is 6.29 Å². The van der Waals surface area contributed by atoms with Gasteiger partial charge in [0.25, 0.3) is 0 Å². The summed E-state index contributed by atoms with van der Waals surface area (Å²) in [4.78, 5) is 10.7. The third-order valence-corrected chi connectivity index (χ3v) is 3.51. The van der Waals surface area contributed by atoms with Crippen LogP contribution < -0.4 is 0 Å². The Morgan fingerprint density at radius 1 is 1.00 bits per heavy atom. The summed E-state index contributed by atoms with van der Waals surface area (Å²) in [6.45, 7) is 1.36. The first-order valence-corrected chi connectivity index (χ1v) is 6.10. The molecule has 1 heterocycles. The van der Waals surface area contributed by atoms with Crippen molar-refractivity contribution in [2.24, 2.45) is 0 Å². The van der Waals surface area contributed by atoms with E-state index in [1.807, 2.05) is 12.1 Å². The number of hydrogen-bond acceptors (Lipinski definition) is 2. The lowest BCUT2D eigenvalue weighted by Crippen LogP contribution is -1.87. The highest BCUT2D eigenvalue weighted by molar-refractivity contribution is 6.33. The number of aldehydes is 1. The van der Waals surface area contributed by atoms with Crippen LogP contribution in [-0.4, -0.2) is 6.29 Å². The Morgan fingerprint density at radius 3 is 2.50 bits per heavy atom. The van der Waals surface area contributed by atoms with Crippen molar-refractivity contribution in [3.63, 3.8) is 0 Å². The molecule has 0 fully saturated rings. The number of fused-ring (bicyclic) bond motifs is 1. The molecule has 0 atom stereocenters. The number of carbonyl (C=O) groups is 1. The highest BCUT2D eigenvalue weighted by Gasteiger charge is 2.12. The van der Waals surface area contributed by atoms with E-state index in [4.69, 9.17) is 16.3 Å². The number of halogens is 1. The predicted molar refractivity (Wildman–Crippen MR) is 70.8 cm³/mol. The molecule has 0 unspecified atom stereocenters. The first-order valence-electron chi connectivity index (χ1n) is 5.72. The zero-order chi connectivity index (χ0) is 12.5. The molecule has 0 aromatic heterocycles. The summed E-state index contributed by atoms with van der Waals surface area (Å²) in [6.07, 6.45) is 0.767. The molecule has 2 aromatic carbocycles. The number of rotatable bonds is 2. The van der Waals surface area contributed by atoms with E-state index in [0.29, 0.717) is 23.8 Å². The maximum atomic E-state index is 10.7. The maximum Gasteiger partial charge on any atom is 0.151 e. The van der Waals surface area contributed by atoms with Gasteiger partial charge in [-0.25, -0.2) is 0 Å². The lowest BCUT2D eigenvalue weighted by molar-refractivity contribution is 0.112. The molecule has 3 rings (SSSR count). The fraction of sp³-hybridized carbons (Fsp3) is 0.133. The van der Waals surface area contributed by atoms with Crippen LogP contribution in [0.15, 0.2) is 36.4 Å². The van der Waals surface area contributed by atoms with Crippen LogP contribution in [0.2, 0.25) is 5.02 Å². The molecular weight excluding hydrogens is 248 g/mol. The van der Waals surface area contributed by atoms with Crippen molar-refractivity contribution in [2.45, 2.75) is 13.2 Å². The zero-order valence-corrected chi connectivity index (χ0v) is 10.4. The molecule has 0 radical (unpaired) electrons. The van der Waals surface area contributed by atoms with Gasteiger partial charge in [-0.15, -0.1) is 0 Å². The number of ether oxygens (including phenoxy) is 1. The summed E-state index contributed by atoms with van der Waals surface area (Å²) < 4.78 is 5.39. The molecule has 3 heteroatoms. The number of carbonyl (C=O) groups excluding carboxylic acids is 1. The van der Waals surface area contributed by atoms with Gasteiger partial charge in [0.2, 0.25) is 0 Å². The van der Waals surface area contributed by atoms with Gasteiger partial charge in [0.1, 0.15) is 0 Å². The van der Waals surface area contributed by atoms with Crippen LogP contribution in [0.1, 0.15) is 21.5 Å². The number of hydrogen-bond donors (Lipinski definition) is 0. The van der Waals surface area contributed by atoms with E-state index in [9.17, 15) is 4.79 Å². The van der Waals surface area contributed by atoms with E-state index in [2.05, 4.69) is 18.2 Å². The first kappa shape index (κ1) is 11.5. The minimum absolute atomic E-state index is 0.485. The van der Waals surface area contributed by atoms with Crippen molar-refractivity contribution in [3.05, 3.63) is 58.1 Å². The molecule has 90 valence electrons. The average Bonchev–Trinajstić information content (AvgIpc) is 2.85. The predicted octanol–water partition coefficient (Wildman–Crippen LogP) is 3.85. The number of benzene rings is 2. The van der Waals surface area contributed by atoms with E-state index in [1.165, 1.54) is 11.1 Å². The van der Waals surface area contributed by atoms with Crippen LogP contribution in [0, 0.1) is 0 Å². The second-order valence-electron chi connectivity index (χ2n) is 4.33. The highest BCUT2D eigenvalue weighted by Crippen LogP contribution is 2.29. The van der Waals surface area contributed by atoms with Crippen molar-refractivity contribution in [1.82, 2.24) is 0 Å². The molecule has 0 amide bonds. The van der Waals surface area contributed by atoms with Crippen LogP contribution in [0.25, 0.3) is 11.1 Å². The second kappa shape index (κ2) is 4.56. The molecule has 1 aliphatic heterocycles. The lowest BCUT2D eigenvalue weighted by Gasteiger charge is -2.06. The Balaban J connectivity index is 2.04. The molecule has 0 saturated heterocycles. The highest BCUT2D eigenvalue weighted by atomic mass is 35.5. The standard InChI is InChI=1S/C15H11ClO2/c16-15-6-11(1-3-12(15)7-17)10-2-4-13-8-18-9-14(13)5-10/h1-7H,8-9H2. The van der Waals surface area contributed by atoms with E-state index in [-0.39, 0.29) is 0 Å². The van der Waals surface area contributed by atoms with E-state index in [1.54, 1.807) is 6.07 Å². The van der Waals surface area contributed by atoms with Gasteiger partial charge < -0.3 is 4.74 Å². The summed E-state index contributed by atoms with van der Waals surface area (Å²) in [5, 5.41) is 0.485. The van der Waals surface area contributed by atoms with E-state index in [0.717, 1.165) is 17.4 Å². The smallest absolute Gasteiger partial charge is 0.151 e. The first-order chi connectivity index (χ1) is 8.78. The molecule has 1 aliphatic rings. The molecule has 0 bridgehead atoms. The third kappa shape index (κ3) is 1.94. The minimum Gasteiger partial charge on any atom is -0.372 e. The van der Waals surface area contributed by atoms with Gasteiger partial charge >= 0.3 is 0 Å². The van der Waals surface area contributed by atoms with Gasteiger partial charge in [-0.05, 0) is 40.5 Å². The van der Waals surface area contributed by atoms with Crippen molar-refractivity contribution in [1.29, 1.82) is 0 Å². The van der Waals surface area contributed by atoms with Gasteiger partial charge in [-0.2, -0.15) is 0 Å². The maximum absolute atomic E-state index is 10.7. The Hall–Kier alpha value is -1.64. The summed E-state index contributed by atoms with van der Waals surface area (Å²) in [5.41, 5.74) is 5.10. The van der Waals surface area contributed by atoms with E-state index >= 15 is 0 Å². The Morgan fingerprint density at radius 2 is 1.72 bits per heavy atom. The third-order valence-electron chi connectivity index (χ3n) is 3.18. The Labute approximate surface area is 110 Å². The normalized spacial score (nSPS) is 13.4. The van der Waals surface area contributed by atoms with Crippen molar-refractivity contribution in [3.8, 4) is 11.1 Å². The summed E-state index contributed by atoms with van der Waals surface area (Å²) in [7, 11) is 0. The minimum atomic E-state index is 0.485. The van der Waals surface area contributed by atoms with Crippen LogP contribution in [0.3, 0.4) is 0 Å². The quantitative estimate of drug-likeness (QED) is 0.765. The SMILES string of the molecule is O=Cc1ccc(-c2ccc3c(c2)COC3)cc1Cl. The van der Waals surface area contributed by atoms with Crippen LogP contribution in [0.4, 0.5) is 0 Å². The summed E-state index contributed by atoms with van der Waals surface area (Å²) >= 11 is 6.04. The topological polar surface area (TPSA) is 26.3 Å². The van der Waals surface area contributed by atoms with Crippen LogP contribution in [0.5, 0.6) is 0 Å². The van der Waals surface area contributed by atoms with Crippen molar-refractivity contribution >= 4 is 17.9 Å². The summed E-state index contributed by atoms with van der Waals surface area (Å²) in [6, 6.07) is 11.7. The second-order valence-corrected chi connectivity index (χ2v) is 4.74. The summed E-state index contributed by atoms with van der Waals surface area (Å²) in [5.74, 6) is 0. The van der Waals surface area contributed by atoms with Crippen LogP contribution >= 0.6 is 11.6 Å². The molecule has 18 heavy (non-hydrogen) atoms. The van der Waals surface area contributed by atoms with Crippen molar-refractivity contribution < 1.29 is 9.53 Å². The van der Waals surface area contributed by atoms with Gasteiger partial charge in [-0.1, -0.05) is 29.8 Å². The van der Waals surface area contributed by atoms with Gasteiger partial charge in [0, 0.05) is 5.56 Å². The van der Waals surface area contributed by atoms with Crippen LogP contribution in [-0.2, 0) is 18.0 Å². The Bertz CT molecular complexity index is 620. The molecule has 2 nitrogen and oxygen atoms in total. The monoisotopic (exact) mass is 258 g/mol. The molecule has 0 aliphatic carbocycles. The lowest BCUT2D eigenvalue weighted by atomic mass is 10.00. The fourth-order valence-electron chi connectivity index (χ4n) is 2.15. The van der Waals surface area contributed by atoms with Gasteiger partial charge in [-0.3, -0.25) is 4.79 Å². The average molecular weight is 259 g/mol. The van der Waals surface area contributed by atoms with Crippen molar-refractivity contribution in [2.75, 3.05) is 0 Å².